The number of esters is 1. The highest BCUT2D eigenvalue weighted by atomic mass is 32.1. The molecule has 0 saturated heterocycles. The number of carbonyl (C=O) groups excluding carboxylic acids is 1. The minimum Gasteiger partial charge on any atom is -0.493 e. The van der Waals surface area contributed by atoms with Crippen LogP contribution in [-0.4, -0.2) is 31.5 Å². The Bertz CT molecular complexity index is 1100. The highest BCUT2D eigenvalue weighted by Crippen LogP contribution is 2.42. The smallest absolute Gasteiger partial charge is 0.493 e. The van der Waals surface area contributed by atoms with E-state index in [1.54, 1.807) is 12.1 Å². The van der Waals surface area contributed by atoms with Crippen LogP contribution in [0.2, 0.25) is 0 Å². The van der Waals surface area contributed by atoms with Gasteiger partial charge in [0.05, 0.1) is 24.4 Å². The Morgan fingerprint density at radius 1 is 1.17 bits per heavy atom. The van der Waals surface area contributed by atoms with Gasteiger partial charge in [-0.15, -0.1) is 13.2 Å². The molecule has 2 heterocycles. The van der Waals surface area contributed by atoms with Gasteiger partial charge < -0.3 is 24.3 Å². The lowest BCUT2D eigenvalue weighted by molar-refractivity contribution is -0.274. The van der Waals surface area contributed by atoms with Crippen molar-refractivity contribution >= 4 is 32.7 Å². The minimum atomic E-state index is -4.78. The van der Waals surface area contributed by atoms with Crippen LogP contribution >= 0.6 is 11.3 Å². The molecule has 1 aromatic heterocycles. The van der Waals surface area contributed by atoms with Crippen molar-refractivity contribution in [1.82, 2.24) is 4.98 Å². The van der Waals surface area contributed by atoms with Gasteiger partial charge in [0, 0.05) is 11.6 Å². The maximum atomic E-state index is 12.4. The third-order valence-corrected chi connectivity index (χ3v) is 5.09. The highest BCUT2D eigenvalue weighted by molar-refractivity contribution is 7.22. The van der Waals surface area contributed by atoms with Gasteiger partial charge in [-0.2, -0.15) is 0 Å². The van der Waals surface area contributed by atoms with Crippen LogP contribution in [0.1, 0.15) is 22.1 Å². The number of nitrogens with one attached hydrogen (secondary N) is 1. The van der Waals surface area contributed by atoms with Crippen molar-refractivity contribution in [2.24, 2.45) is 0 Å². The SMILES string of the molecule is COc1ccc2c(c1OC)C(=O)O[C@H]2Nc1nc2ccc(OC(F)(F)F)cc2s1. The zero-order valence-electron chi connectivity index (χ0n) is 15.0. The fourth-order valence-corrected chi connectivity index (χ4v) is 3.90. The summed E-state index contributed by atoms with van der Waals surface area (Å²) >= 11 is 1.10. The third kappa shape index (κ3) is 3.60. The molecule has 29 heavy (non-hydrogen) atoms. The average molecular weight is 426 g/mol. The molecule has 0 bridgehead atoms. The van der Waals surface area contributed by atoms with Crippen molar-refractivity contribution < 1.29 is 36.9 Å². The molecular weight excluding hydrogens is 413 g/mol. The molecule has 3 aromatic rings. The molecule has 0 radical (unpaired) electrons. The lowest BCUT2D eigenvalue weighted by atomic mass is 10.1. The van der Waals surface area contributed by atoms with Crippen LogP contribution in [0.3, 0.4) is 0 Å². The van der Waals surface area contributed by atoms with Crippen molar-refractivity contribution in [1.29, 1.82) is 0 Å². The van der Waals surface area contributed by atoms with Crippen LogP contribution in [-0.2, 0) is 4.74 Å². The third-order valence-electron chi connectivity index (χ3n) is 4.14. The van der Waals surface area contributed by atoms with E-state index in [0.29, 0.717) is 26.7 Å². The monoisotopic (exact) mass is 426 g/mol. The Hall–Kier alpha value is -3.21. The number of aromatic nitrogens is 1. The molecule has 0 saturated carbocycles. The quantitative estimate of drug-likeness (QED) is 0.602. The van der Waals surface area contributed by atoms with Gasteiger partial charge >= 0.3 is 12.3 Å². The molecule has 0 spiro atoms. The van der Waals surface area contributed by atoms with E-state index in [0.717, 1.165) is 11.3 Å². The number of cyclic esters (lactones) is 1. The van der Waals surface area contributed by atoms with Gasteiger partial charge in [-0.05, 0) is 24.3 Å². The highest BCUT2D eigenvalue weighted by Gasteiger charge is 2.36. The summed E-state index contributed by atoms with van der Waals surface area (Å²) in [6, 6.07) is 7.16. The van der Waals surface area contributed by atoms with Gasteiger partial charge in [-0.1, -0.05) is 11.3 Å². The van der Waals surface area contributed by atoms with Crippen molar-refractivity contribution in [3.63, 3.8) is 0 Å². The molecule has 7 nitrogen and oxygen atoms in total. The molecule has 1 atom stereocenters. The summed E-state index contributed by atoms with van der Waals surface area (Å²) in [4.78, 5) is 16.6. The van der Waals surface area contributed by atoms with E-state index in [4.69, 9.17) is 14.2 Å². The number of alkyl halides is 3. The number of halogens is 3. The number of carbonyl (C=O) groups is 1. The van der Waals surface area contributed by atoms with Gasteiger partial charge in [0.2, 0.25) is 6.23 Å². The first-order chi connectivity index (χ1) is 13.8. The number of benzene rings is 2. The molecule has 0 amide bonds. The number of hydrogen-bond donors (Lipinski definition) is 1. The average Bonchev–Trinajstić information content (AvgIpc) is 3.20. The van der Waals surface area contributed by atoms with Crippen LogP contribution in [0, 0.1) is 0 Å². The molecule has 1 aliphatic rings. The number of nitrogens with zero attached hydrogens (tertiary/aromatic N) is 1. The van der Waals surface area contributed by atoms with Crippen molar-refractivity contribution in [3.8, 4) is 17.2 Å². The zero-order chi connectivity index (χ0) is 20.8. The summed E-state index contributed by atoms with van der Waals surface area (Å²) in [5, 5.41) is 3.34. The summed E-state index contributed by atoms with van der Waals surface area (Å²) in [7, 11) is 2.87. The molecule has 2 aromatic carbocycles. The van der Waals surface area contributed by atoms with Crippen LogP contribution in [0.15, 0.2) is 30.3 Å². The number of anilines is 1. The Labute approximate surface area is 166 Å². The summed E-state index contributed by atoms with van der Waals surface area (Å²) in [6.45, 7) is 0. The summed E-state index contributed by atoms with van der Waals surface area (Å²) in [5.41, 5.74) is 1.25. The standard InChI is InChI=1S/C18H13F3N2O5S/c1-25-11-6-4-9-13(14(11)26-2)16(24)27-15(9)23-17-22-10-5-3-8(7-12(10)29-17)28-18(19,20)21/h3-7,15H,1-2H3,(H,22,23)/t15-/m1/s1. The van der Waals surface area contributed by atoms with E-state index in [9.17, 15) is 18.0 Å². The lowest BCUT2D eigenvalue weighted by Crippen LogP contribution is -2.16. The Morgan fingerprint density at radius 3 is 2.66 bits per heavy atom. The van der Waals surface area contributed by atoms with E-state index in [2.05, 4.69) is 15.0 Å². The second-order valence-electron chi connectivity index (χ2n) is 5.89. The molecular formula is C18H13F3N2O5S. The second kappa shape index (κ2) is 6.99. The van der Waals surface area contributed by atoms with E-state index in [-0.39, 0.29) is 17.1 Å². The molecule has 1 N–H and O–H groups in total. The van der Waals surface area contributed by atoms with E-state index >= 15 is 0 Å². The first-order valence-corrected chi connectivity index (χ1v) is 8.99. The fourth-order valence-electron chi connectivity index (χ4n) is 2.98. The maximum absolute atomic E-state index is 12.4. The topological polar surface area (TPSA) is 78.9 Å². The van der Waals surface area contributed by atoms with Crippen molar-refractivity contribution in [2.75, 3.05) is 19.5 Å². The van der Waals surface area contributed by atoms with Crippen molar-refractivity contribution in [2.45, 2.75) is 12.6 Å². The van der Waals surface area contributed by atoms with Crippen LogP contribution in [0.4, 0.5) is 18.3 Å². The maximum Gasteiger partial charge on any atom is 0.573 e. The van der Waals surface area contributed by atoms with Gasteiger partial charge in [-0.3, -0.25) is 0 Å². The van der Waals surface area contributed by atoms with Crippen LogP contribution in [0.25, 0.3) is 10.2 Å². The largest absolute Gasteiger partial charge is 0.573 e. The minimum absolute atomic E-state index is 0.242. The van der Waals surface area contributed by atoms with E-state index < -0.39 is 18.6 Å². The Morgan fingerprint density at radius 2 is 1.97 bits per heavy atom. The van der Waals surface area contributed by atoms with Gasteiger partial charge in [-0.25, -0.2) is 9.78 Å². The van der Waals surface area contributed by atoms with E-state index in [1.165, 1.54) is 32.4 Å². The van der Waals surface area contributed by atoms with Crippen molar-refractivity contribution in [3.05, 3.63) is 41.5 Å². The lowest BCUT2D eigenvalue weighted by Gasteiger charge is -2.13. The van der Waals surface area contributed by atoms with Gasteiger partial charge in [0.1, 0.15) is 11.3 Å². The molecule has 0 aliphatic carbocycles. The second-order valence-corrected chi connectivity index (χ2v) is 6.92. The summed E-state index contributed by atoms with van der Waals surface area (Å²) < 4.78 is 57.4. The summed E-state index contributed by atoms with van der Waals surface area (Å²) in [6.07, 6.45) is -5.61. The predicted octanol–water partition coefficient (Wildman–Crippen LogP) is 4.49. The first-order valence-electron chi connectivity index (χ1n) is 8.18. The Balaban J connectivity index is 1.62. The number of ether oxygens (including phenoxy) is 4. The first kappa shape index (κ1) is 19.1. The van der Waals surface area contributed by atoms with Gasteiger partial charge in [0.15, 0.2) is 16.6 Å². The van der Waals surface area contributed by atoms with Crippen LogP contribution in [0.5, 0.6) is 17.2 Å². The number of methoxy groups -OCH3 is 2. The normalized spacial score (nSPS) is 15.8. The number of fused-ring (bicyclic) bond motifs is 2. The van der Waals surface area contributed by atoms with Crippen LogP contribution < -0.4 is 19.5 Å². The molecule has 0 fully saturated rings. The molecule has 0 unspecified atom stereocenters. The number of hydrogen-bond acceptors (Lipinski definition) is 8. The number of thiazole rings is 1. The zero-order valence-corrected chi connectivity index (χ0v) is 15.8. The van der Waals surface area contributed by atoms with E-state index in [1.807, 2.05) is 0 Å². The molecule has 152 valence electrons. The molecule has 4 rings (SSSR count). The molecule has 11 heteroatoms. The van der Waals surface area contributed by atoms with Gasteiger partial charge in [0.25, 0.3) is 0 Å². The summed E-state index contributed by atoms with van der Waals surface area (Å²) in [5.74, 6) is -0.275. The Kier molecular flexibility index (Phi) is 4.61. The predicted molar refractivity (Wildman–Crippen MR) is 97.6 cm³/mol. The molecule has 1 aliphatic heterocycles. The number of rotatable bonds is 5. The fraction of sp³-hybridized carbons (Fsp3) is 0.222.